The molecule has 2 aromatic carbocycles. The molecule has 2 aliphatic rings. The second-order valence-electron chi connectivity index (χ2n) is 8.34. The van der Waals surface area contributed by atoms with Crippen molar-refractivity contribution in [2.45, 2.75) is 64.6 Å². The Morgan fingerprint density at radius 1 is 0.818 bits per heavy atom. The van der Waals surface area contributed by atoms with E-state index in [4.69, 9.17) is 42.5 Å². The second-order valence-corrected chi connectivity index (χ2v) is 9.21. The Labute approximate surface area is 203 Å². The number of carboxylic acids is 1. The SMILES string of the molecule is COC(=O)c1cc(Cl)cc(C)c1OC1CCC1.Cc1cc(Cl)cc(C(=O)O)c1OC1CCC1. The van der Waals surface area contributed by atoms with Crippen LogP contribution in [0, 0.1) is 13.8 Å². The minimum Gasteiger partial charge on any atom is -0.489 e. The van der Waals surface area contributed by atoms with E-state index in [0.717, 1.165) is 43.2 Å². The van der Waals surface area contributed by atoms with E-state index < -0.39 is 11.9 Å². The van der Waals surface area contributed by atoms with Crippen LogP contribution in [0.15, 0.2) is 24.3 Å². The Kier molecular flexibility index (Phi) is 8.49. The number of methoxy groups -OCH3 is 1. The molecule has 1 N–H and O–H groups in total. The van der Waals surface area contributed by atoms with E-state index in [1.165, 1.54) is 19.6 Å². The van der Waals surface area contributed by atoms with Gasteiger partial charge >= 0.3 is 11.9 Å². The number of benzene rings is 2. The molecular formula is C25H28Cl2O6. The summed E-state index contributed by atoms with van der Waals surface area (Å²) in [6.07, 6.45) is 6.81. The highest BCUT2D eigenvalue weighted by atomic mass is 35.5. The fourth-order valence-electron chi connectivity index (χ4n) is 3.50. The van der Waals surface area contributed by atoms with Gasteiger partial charge in [0.1, 0.15) is 22.6 Å². The number of rotatable bonds is 6. The first-order valence-electron chi connectivity index (χ1n) is 10.9. The average Bonchev–Trinajstić information content (AvgIpc) is 2.68. The molecule has 0 atom stereocenters. The van der Waals surface area contributed by atoms with E-state index in [0.29, 0.717) is 27.1 Å². The van der Waals surface area contributed by atoms with Crippen LogP contribution < -0.4 is 9.47 Å². The molecule has 4 rings (SSSR count). The highest BCUT2D eigenvalue weighted by Gasteiger charge is 2.25. The van der Waals surface area contributed by atoms with Gasteiger partial charge in [-0.2, -0.15) is 0 Å². The van der Waals surface area contributed by atoms with Crippen molar-refractivity contribution in [2.24, 2.45) is 0 Å². The van der Waals surface area contributed by atoms with Gasteiger partial charge in [-0.1, -0.05) is 23.2 Å². The maximum atomic E-state index is 11.7. The van der Waals surface area contributed by atoms with Crippen LogP contribution in [-0.2, 0) is 4.74 Å². The lowest BCUT2D eigenvalue weighted by Gasteiger charge is -2.28. The summed E-state index contributed by atoms with van der Waals surface area (Å²) in [6, 6.07) is 6.54. The highest BCUT2D eigenvalue weighted by molar-refractivity contribution is 6.31. The molecule has 0 saturated heterocycles. The van der Waals surface area contributed by atoms with Crippen LogP contribution in [0.2, 0.25) is 10.0 Å². The van der Waals surface area contributed by atoms with Gasteiger partial charge in [-0.3, -0.25) is 0 Å². The molecule has 0 heterocycles. The van der Waals surface area contributed by atoms with Crippen molar-refractivity contribution in [1.82, 2.24) is 0 Å². The molecule has 2 aromatic rings. The highest BCUT2D eigenvalue weighted by Crippen LogP contribution is 2.34. The normalized spacial score (nSPS) is 15.4. The van der Waals surface area contributed by atoms with Crippen LogP contribution in [0.5, 0.6) is 11.5 Å². The van der Waals surface area contributed by atoms with E-state index in [9.17, 15) is 9.59 Å². The van der Waals surface area contributed by atoms with Crippen LogP contribution in [0.25, 0.3) is 0 Å². The van der Waals surface area contributed by atoms with Gasteiger partial charge in [-0.25, -0.2) is 9.59 Å². The van der Waals surface area contributed by atoms with Crippen molar-refractivity contribution < 1.29 is 28.9 Å². The Morgan fingerprint density at radius 3 is 1.61 bits per heavy atom. The lowest BCUT2D eigenvalue weighted by molar-refractivity contribution is 0.0583. The van der Waals surface area contributed by atoms with Crippen molar-refractivity contribution in [1.29, 1.82) is 0 Å². The quantitative estimate of drug-likeness (QED) is 0.452. The molecule has 0 unspecified atom stereocenters. The molecule has 0 aromatic heterocycles. The summed E-state index contributed by atoms with van der Waals surface area (Å²) in [4.78, 5) is 22.7. The van der Waals surface area contributed by atoms with E-state index in [-0.39, 0.29) is 17.8 Å². The lowest BCUT2D eigenvalue weighted by Crippen LogP contribution is -2.26. The number of hydrogen-bond acceptors (Lipinski definition) is 5. The second kappa shape index (κ2) is 11.1. The smallest absolute Gasteiger partial charge is 0.341 e. The first-order valence-corrected chi connectivity index (χ1v) is 11.7. The van der Waals surface area contributed by atoms with Crippen LogP contribution >= 0.6 is 23.2 Å². The molecule has 2 fully saturated rings. The molecule has 0 amide bonds. The summed E-state index contributed by atoms with van der Waals surface area (Å²) in [5.41, 5.74) is 2.20. The molecule has 6 nitrogen and oxygen atoms in total. The van der Waals surface area contributed by atoms with E-state index in [2.05, 4.69) is 0 Å². The molecular weight excluding hydrogens is 467 g/mol. The topological polar surface area (TPSA) is 82.1 Å². The van der Waals surface area contributed by atoms with E-state index >= 15 is 0 Å². The molecule has 0 radical (unpaired) electrons. The van der Waals surface area contributed by atoms with Gasteiger partial charge in [0.15, 0.2) is 0 Å². The third-order valence-corrected chi connectivity index (χ3v) is 6.22. The standard InChI is InChI=1S/C13H15ClO3.C12H13ClO3/c1-8-6-9(14)7-11(13(15)16-2)12(8)17-10-4-3-5-10;1-7-5-8(13)6-10(12(14)15)11(7)16-9-3-2-4-9/h6-7,10H,3-5H2,1-2H3;5-6,9H,2-4H2,1H3,(H,14,15). The molecule has 8 heteroatoms. The van der Waals surface area contributed by atoms with Crippen molar-refractivity contribution in [3.63, 3.8) is 0 Å². The Hall–Kier alpha value is -2.44. The monoisotopic (exact) mass is 494 g/mol. The number of halogens is 2. The molecule has 0 bridgehead atoms. The maximum absolute atomic E-state index is 11.7. The zero-order valence-corrected chi connectivity index (χ0v) is 20.5. The Morgan fingerprint density at radius 2 is 1.24 bits per heavy atom. The minimum atomic E-state index is -1.00. The van der Waals surface area contributed by atoms with Gasteiger partial charge in [0.25, 0.3) is 0 Å². The van der Waals surface area contributed by atoms with Gasteiger partial charge in [0, 0.05) is 10.0 Å². The minimum absolute atomic E-state index is 0.150. The van der Waals surface area contributed by atoms with Crippen LogP contribution in [0.1, 0.15) is 70.4 Å². The number of esters is 1. The van der Waals surface area contributed by atoms with E-state index in [1.54, 1.807) is 18.2 Å². The number of carbonyl (C=O) groups excluding carboxylic acids is 1. The molecule has 2 saturated carbocycles. The molecule has 0 aliphatic heterocycles. The molecule has 33 heavy (non-hydrogen) atoms. The van der Waals surface area contributed by atoms with Crippen LogP contribution in [0.3, 0.4) is 0 Å². The largest absolute Gasteiger partial charge is 0.489 e. The molecule has 178 valence electrons. The van der Waals surface area contributed by atoms with Gasteiger partial charge in [0.05, 0.1) is 19.3 Å². The third-order valence-electron chi connectivity index (χ3n) is 5.79. The first-order chi connectivity index (χ1) is 15.7. The number of carbonyl (C=O) groups is 2. The zero-order chi connectivity index (χ0) is 24.1. The number of aromatic carboxylic acids is 1. The van der Waals surface area contributed by atoms with Crippen molar-refractivity contribution in [3.05, 3.63) is 56.6 Å². The van der Waals surface area contributed by atoms with Crippen molar-refractivity contribution in [2.75, 3.05) is 7.11 Å². The Balaban J connectivity index is 0.000000186. The van der Waals surface area contributed by atoms with Crippen LogP contribution in [0.4, 0.5) is 0 Å². The Bertz CT molecular complexity index is 1030. The van der Waals surface area contributed by atoms with Crippen molar-refractivity contribution in [3.8, 4) is 11.5 Å². The number of aryl methyl sites for hydroxylation is 2. The summed E-state index contributed by atoms with van der Waals surface area (Å²) in [5, 5.41) is 10.0. The van der Waals surface area contributed by atoms with Crippen molar-refractivity contribution >= 4 is 35.1 Å². The third kappa shape index (κ3) is 6.33. The summed E-state index contributed by atoms with van der Waals surface area (Å²) in [7, 11) is 1.35. The van der Waals surface area contributed by atoms with E-state index in [1.807, 2.05) is 13.8 Å². The van der Waals surface area contributed by atoms with Crippen LogP contribution in [-0.4, -0.2) is 36.4 Å². The van der Waals surface area contributed by atoms with Gasteiger partial charge < -0.3 is 19.3 Å². The summed E-state index contributed by atoms with van der Waals surface area (Å²) >= 11 is 11.8. The number of ether oxygens (including phenoxy) is 3. The first kappa shape index (κ1) is 25.2. The molecule has 0 spiro atoms. The predicted molar refractivity (Wildman–Crippen MR) is 127 cm³/mol. The maximum Gasteiger partial charge on any atom is 0.341 e. The fraction of sp³-hybridized carbons (Fsp3) is 0.440. The van der Waals surface area contributed by atoms with Gasteiger partial charge in [-0.05, 0) is 87.8 Å². The molecule has 2 aliphatic carbocycles. The predicted octanol–water partition coefficient (Wildman–Crippen LogP) is 6.64. The summed E-state index contributed by atoms with van der Waals surface area (Å²) in [6.45, 7) is 3.69. The fourth-order valence-corrected chi connectivity index (χ4v) is 4.05. The van der Waals surface area contributed by atoms with Gasteiger partial charge in [0.2, 0.25) is 0 Å². The summed E-state index contributed by atoms with van der Waals surface area (Å²) in [5.74, 6) is -0.350. The lowest BCUT2D eigenvalue weighted by atomic mass is 9.96. The van der Waals surface area contributed by atoms with Gasteiger partial charge in [-0.15, -0.1) is 0 Å². The summed E-state index contributed by atoms with van der Waals surface area (Å²) < 4.78 is 16.3. The zero-order valence-electron chi connectivity index (χ0n) is 19.0. The average molecular weight is 495 g/mol. The number of hydrogen-bond donors (Lipinski definition) is 1. The number of carboxylic acid groups (broad SMARTS) is 1.